The lowest BCUT2D eigenvalue weighted by Gasteiger charge is -2.18. The van der Waals surface area contributed by atoms with Gasteiger partial charge in [0.25, 0.3) is 5.91 Å². The van der Waals surface area contributed by atoms with Gasteiger partial charge in [-0.25, -0.2) is 0 Å². The third-order valence-corrected chi connectivity index (χ3v) is 2.91. The van der Waals surface area contributed by atoms with Gasteiger partial charge in [-0.15, -0.1) is 12.6 Å². The minimum atomic E-state index is 0.0966. The molecule has 0 fully saturated rings. The molecule has 1 aromatic carbocycles. The summed E-state index contributed by atoms with van der Waals surface area (Å²) in [7, 11) is 1.85. The highest BCUT2D eigenvalue weighted by Crippen LogP contribution is 2.15. The fraction of sp³-hybridized carbons (Fsp3) is 0.462. The summed E-state index contributed by atoms with van der Waals surface area (Å²) in [6, 6.07) is 5.63. The van der Waals surface area contributed by atoms with E-state index in [2.05, 4.69) is 19.6 Å². The Morgan fingerprint density at radius 3 is 2.69 bits per heavy atom. The number of hydrogen-bond donors (Lipinski definition) is 1. The number of unbranched alkanes of at least 4 members (excludes halogenated alkanes) is 1. The number of amides is 1. The number of benzene rings is 1. The molecule has 0 bridgehead atoms. The predicted molar refractivity (Wildman–Crippen MR) is 70.3 cm³/mol. The minimum Gasteiger partial charge on any atom is -0.342 e. The van der Waals surface area contributed by atoms with Crippen molar-refractivity contribution < 1.29 is 4.79 Å². The van der Waals surface area contributed by atoms with Gasteiger partial charge in [0, 0.05) is 24.1 Å². The number of hydrogen-bond acceptors (Lipinski definition) is 2. The SMILES string of the molecule is CCCCN(C)C(=O)c1ccc(S)cc1C. The summed E-state index contributed by atoms with van der Waals surface area (Å²) in [5.41, 5.74) is 1.76. The molecule has 0 unspecified atom stereocenters. The molecule has 0 heterocycles. The number of thiol groups is 1. The maximum absolute atomic E-state index is 12.1. The monoisotopic (exact) mass is 237 g/mol. The highest BCUT2D eigenvalue weighted by Gasteiger charge is 2.13. The molecule has 0 aromatic heterocycles. The second-order valence-electron chi connectivity index (χ2n) is 4.08. The van der Waals surface area contributed by atoms with E-state index in [1.165, 1.54) is 0 Å². The lowest BCUT2D eigenvalue weighted by Crippen LogP contribution is -2.28. The van der Waals surface area contributed by atoms with Crippen LogP contribution in [0.5, 0.6) is 0 Å². The van der Waals surface area contributed by atoms with Crippen LogP contribution in [0.4, 0.5) is 0 Å². The van der Waals surface area contributed by atoms with Crippen molar-refractivity contribution in [2.75, 3.05) is 13.6 Å². The summed E-state index contributed by atoms with van der Waals surface area (Å²) in [6.45, 7) is 4.89. The summed E-state index contributed by atoms with van der Waals surface area (Å²) in [5, 5.41) is 0. The molecule has 16 heavy (non-hydrogen) atoms. The zero-order valence-corrected chi connectivity index (χ0v) is 11.1. The van der Waals surface area contributed by atoms with E-state index >= 15 is 0 Å². The average Bonchev–Trinajstić information content (AvgIpc) is 2.25. The largest absolute Gasteiger partial charge is 0.342 e. The smallest absolute Gasteiger partial charge is 0.253 e. The summed E-state index contributed by atoms with van der Waals surface area (Å²) in [6.07, 6.45) is 2.15. The maximum Gasteiger partial charge on any atom is 0.253 e. The maximum atomic E-state index is 12.1. The van der Waals surface area contributed by atoms with E-state index in [1.54, 1.807) is 4.90 Å². The van der Waals surface area contributed by atoms with Crippen LogP contribution in [0.2, 0.25) is 0 Å². The fourth-order valence-electron chi connectivity index (χ4n) is 1.59. The van der Waals surface area contributed by atoms with Crippen LogP contribution in [-0.4, -0.2) is 24.4 Å². The Balaban J connectivity index is 2.79. The van der Waals surface area contributed by atoms with Crippen molar-refractivity contribution in [3.63, 3.8) is 0 Å². The van der Waals surface area contributed by atoms with Crippen molar-refractivity contribution in [3.05, 3.63) is 29.3 Å². The van der Waals surface area contributed by atoms with Gasteiger partial charge in [0.15, 0.2) is 0 Å². The van der Waals surface area contributed by atoms with E-state index in [0.717, 1.165) is 35.4 Å². The summed E-state index contributed by atoms with van der Waals surface area (Å²) in [5.74, 6) is 0.0966. The van der Waals surface area contributed by atoms with E-state index in [9.17, 15) is 4.79 Å². The highest BCUT2D eigenvalue weighted by atomic mass is 32.1. The molecule has 0 spiro atoms. The molecule has 2 nitrogen and oxygen atoms in total. The molecule has 1 amide bonds. The Morgan fingerprint density at radius 1 is 1.44 bits per heavy atom. The molecule has 0 aliphatic rings. The molecule has 0 N–H and O–H groups in total. The molecule has 0 atom stereocenters. The molecule has 0 saturated carbocycles. The fourth-order valence-corrected chi connectivity index (χ4v) is 1.86. The van der Waals surface area contributed by atoms with Crippen molar-refractivity contribution in [2.45, 2.75) is 31.6 Å². The Bertz CT molecular complexity index is 376. The van der Waals surface area contributed by atoms with E-state index in [4.69, 9.17) is 0 Å². The van der Waals surface area contributed by atoms with E-state index in [-0.39, 0.29) is 5.91 Å². The topological polar surface area (TPSA) is 20.3 Å². The predicted octanol–water partition coefficient (Wildman–Crippen LogP) is 3.16. The molecule has 3 heteroatoms. The standard InChI is InChI=1S/C13H19NOS/c1-4-5-8-14(3)13(15)12-7-6-11(16)9-10(12)2/h6-7,9,16H,4-5,8H2,1-3H3. The van der Waals surface area contributed by atoms with Crippen LogP contribution in [0.3, 0.4) is 0 Å². The van der Waals surface area contributed by atoms with Crippen LogP contribution in [-0.2, 0) is 0 Å². The normalized spacial score (nSPS) is 10.2. The second kappa shape index (κ2) is 5.94. The van der Waals surface area contributed by atoms with Crippen molar-refractivity contribution in [1.29, 1.82) is 0 Å². The average molecular weight is 237 g/mol. The van der Waals surface area contributed by atoms with Crippen LogP contribution in [0, 0.1) is 6.92 Å². The summed E-state index contributed by atoms with van der Waals surface area (Å²) < 4.78 is 0. The zero-order valence-electron chi connectivity index (χ0n) is 10.2. The van der Waals surface area contributed by atoms with Gasteiger partial charge in [-0.2, -0.15) is 0 Å². The molecule has 0 aliphatic heterocycles. The number of carbonyl (C=O) groups is 1. The van der Waals surface area contributed by atoms with E-state index < -0.39 is 0 Å². The Kier molecular flexibility index (Phi) is 4.87. The lowest BCUT2D eigenvalue weighted by molar-refractivity contribution is 0.0792. The first-order chi connectivity index (χ1) is 7.56. The van der Waals surface area contributed by atoms with Crippen LogP contribution < -0.4 is 0 Å². The molecule has 88 valence electrons. The first-order valence-electron chi connectivity index (χ1n) is 5.61. The van der Waals surface area contributed by atoms with Crippen molar-refractivity contribution in [2.24, 2.45) is 0 Å². The van der Waals surface area contributed by atoms with Gasteiger partial charge in [-0.3, -0.25) is 4.79 Å². The van der Waals surface area contributed by atoms with Crippen LogP contribution >= 0.6 is 12.6 Å². The Morgan fingerprint density at radius 2 is 2.12 bits per heavy atom. The van der Waals surface area contributed by atoms with Crippen molar-refractivity contribution in [3.8, 4) is 0 Å². The van der Waals surface area contributed by atoms with Crippen LogP contribution in [0.15, 0.2) is 23.1 Å². The van der Waals surface area contributed by atoms with Gasteiger partial charge < -0.3 is 4.90 Å². The van der Waals surface area contributed by atoms with Crippen LogP contribution in [0.1, 0.15) is 35.7 Å². The van der Waals surface area contributed by atoms with Crippen LogP contribution in [0.25, 0.3) is 0 Å². The molecule has 0 saturated heterocycles. The number of rotatable bonds is 4. The van der Waals surface area contributed by atoms with E-state index in [1.807, 2.05) is 32.2 Å². The Labute approximate surface area is 103 Å². The first kappa shape index (κ1) is 13.1. The zero-order chi connectivity index (χ0) is 12.1. The molecule has 1 rings (SSSR count). The number of aryl methyl sites for hydroxylation is 1. The van der Waals surface area contributed by atoms with Gasteiger partial charge in [0.05, 0.1) is 0 Å². The lowest BCUT2D eigenvalue weighted by atomic mass is 10.1. The van der Waals surface area contributed by atoms with Crippen molar-refractivity contribution in [1.82, 2.24) is 4.90 Å². The highest BCUT2D eigenvalue weighted by molar-refractivity contribution is 7.80. The number of carbonyl (C=O) groups excluding carboxylic acids is 1. The van der Waals surface area contributed by atoms with Gasteiger partial charge in [0.1, 0.15) is 0 Å². The third-order valence-electron chi connectivity index (χ3n) is 2.63. The van der Waals surface area contributed by atoms with Gasteiger partial charge in [-0.05, 0) is 37.1 Å². The summed E-state index contributed by atoms with van der Waals surface area (Å²) in [4.78, 5) is 14.8. The quantitative estimate of drug-likeness (QED) is 0.798. The van der Waals surface area contributed by atoms with Gasteiger partial charge in [0.2, 0.25) is 0 Å². The molecular formula is C13H19NOS. The first-order valence-corrected chi connectivity index (χ1v) is 6.06. The van der Waals surface area contributed by atoms with Gasteiger partial charge in [-0.1, -0.05) is 13.3 Å². The molecule has 1 aromatic rings. The third kappa shape index (κ3) is 3.27. The van der Waals surface area contributed by atoms with Crippen molar-refractivity contribution >= 4 is 18.5 Å². The number of nitrogens with zero attached hydrogens (tertiary/aromatic N) is 1. The molecule has 0 radical (unpaired) electrons. The minimum absolute atomic E-state index is 0.0966. The second-order valence-corrected chi connectivity index (χ2v) is 4.60. The molecular weight excluding hydrogens is 218 g/mol. The summed E-state index contributed by atoms with van der Waals surface area (Å²) >= 11 is 4.25. The molecule has 0 aliphatic carbocycles. The Hall–Kier alpha value is -0.960. The van der Waals surface area contributed by atoms with E-state index in [0.29, 0.717) is 0 Å². The van der Waals surface area contributed by atoms with Gasteiger partial charge >= 0.3 is 0 Å².